The van der Waals surface area contributed by atoms with E-state index in [2.05, 4.69) is 15.3 Å². The van der Waals surface area contributed by atoms with Crippen LogP contribution in [-0.2, 0) is 4.74 Å². The lowest BCUT2D eigenvalue weighted by Gasteiger charge is -2.13. The second-order valence-corrected chi connectivity index (χ2v) is 5.51. The third-order valence-corrected chi connectivity index (χ3v) is 4.24. The van der Waals surface area contributed by atoms with Gasteiger partial charge in [0.1, 0.15) is 10.9 Å². The lowest BCUT2D eigenvalue weighted by molar-refractivity contribution is -0.0214. The lowest BCUT2D eigenvalue weighted by Crippen LogP contribution is -2.21. The number of nitrogens with one attached hydrogen (secondary N) is 1. The van der Waals surface area contributed by atoms with E-state index in [1.54, 1.807) is 7.05 Å². The maximum Gasteiger partial charge on any atom is 0.311 e. The van der Waals surface area contributed by atoms with Crippen LogP contribution in [0.15, 0.2) is 4.79 Å². The molecular weight excluding hydrogens is 282 g/mol. The van der Waals surface area contributed by atoms with Crippen molar-refractivity contribution >= 4 is 33.5 Å². The fourth-order valence-corrected chi connectivity index (χ4v) is 3.33. The van der Waals surface area contributed by atoms with Crippen molar-refractivity contribution in [1.29, 1.82) is 0 Å². The summed E-state index contributed by atoms with van der Waals surface area (Å²) >= 11 is 1.06. The van der Waals surface area contributed by atoms with Crippen LogP contribution in [0.25, 0.3) is 10.3 Å². The predicted molar refractivity (Wildman–Crippen MR) is 75.9 cm³/mol. The Bertz CT molecular complexity index is 697. The average molecular weight is 297 g/mol. The minimum atomic E-state index is -0.410. The second-order valence-electron chi connectivity index (χ2n) is 4.54. The zero-order valence-electron chi connectivity index (χ0n) is 10.9. The Morgan fingerprint density at radius 2 is 2.35 bits per heavy atom. The molecule has 0 amide bonds. The summed E-state index contributed by atoms with van der Waals surface area (Å²) in [4.78, 5) is 20.3. The van der Waals surface area contributed by atoms with E-state index in [1.807, 2.05) is 0 Å². The molecule has 2 aromatic heterocycles. The van der Waals surface area contributed by atoms with Crippen LogP contribution < -0.4 is 15.9 Å². The van der Waals surface area contributed by atoms with Crippen LogP contribution in [-0.4, -0.2) is 39.4 Å². The monoisotopic (exact) mass is 297 g/mol. The van der Waals surface area contributed by atoms with Gasteiger partial charge in [0.25, 0.3) is 0 Å². The lowest BCUT2D eigenvalue weighted by atomic mass is 10.2. The first-order chi connectivity index (χ1) is 9.63. The molecule has 1 saturated heterocycles. The second kappa shape index (κ2) is 5.00. The number of nitrogens with two attached hydrogens (primary N) is 1. The summed E-state index contributed by atoms with van der Waals surface area (Å²) in [6.07, 6.45) is 0.734. The van der Waals surface area contributed by atoms with Gasteiger partial charge in [0, 0.05) is 7.05 Å². The van der Waals surface area contributed by atoms with Crippen molar-refractivity contribution in [2.24, 2.45) is 0 Å². The molecule has 108 valence electrons. The summed E-state index contributed by atoms with van der Waals surface area (Å²) in [5.74, 6) is 0.634. The molecule has 2 atom stereocenters. The Kier molecular flexibility index (Phi) is 3.32. The number of anilines is 2. The smallest absolute Gasteiger partial charge is 0.311 e. The highest BCUT2D eigenvalue weighted by atomic mass is 32.1. The van der Waals surface area contributed by atoms with E-state index in [9.17, 15) is 4.79 Å². The third-order valence-electron chi connectivity index (χ3n) is 3.29. The minimum Gasteiger partial charge on any atom is -0.394 e. The maximum atomic E-state index is 12.2. The SMILES string of the molecule is CNc1nc(N)nc2c1sc(=O)n2[C@H]1CC[C@@H](CO)O1. The van der Waals surface area contributed by atoms with Crippen molar-refractivity contribution < 1.29 is 9.84 Å². The molecule has 1 aliphatic heterocycles. The Morgan fingerprint density at radius 3 is 3.00 bits per heavy atom. The summed E-state index contributed by atoms with van der Waals surface area (Å²) in [5.41, 5.74) is 6.15. The summed E-state index contributed by atoms with van der Waals surface area (Å²) in [5, 5.41) is 12.0. The highest BCUT2D eigenvalue weighted by Crippen LogP contribution is 2.32. The normalized spacial score (nSPS) is 22.5. The highest BCUT2D eigenvalue weighted by Gasteiger charge is 2.29. The van der Waals surface area contributed by atoms with E-state index >= 15 is 0 Å². The van der Waals surface area contributed by atoms with Crippen LogP contribution >= 0.6 is 11.3 Å². The van der Waals surface area contributed by atoms with Gasteiger partial charge in [0.15, 0.2) is 11.5 Å². The van der Waals surface area contributed by atoms with Crippen molar-refractivity contribution in [1.82, 2.24) is 14.5 Å². The maximum absolute atomic E-state index is 12.2. The van der Waals surface area contributed by atoms with Crippen LogP contribution in [0, 0.1) is 0 Å². The van der Waals surface area contributed by atoms with Crippen molar-refractivity contribution in [2.75, 3.05) is 24.7 Å². The number of aliphatic hydroxyl groups is 1. The van der Waals surface area contributed by atoms with E-state index < -0.39 is 6.23 Å². The molecule has 0 aromatic carbocycles. The van der Waals surface area contributed by atoms with Gasteiger partial charge in [-0.2, -0.15) is 9.97 Å². The molecular formula is C11H15N5O3S. The van der Waals surface area contributed by atoms with Gasteiger partial charge in [0.2, 0.25) is 5.95 Å². The molecule has 0 unspecified atom stereocenters. The minimum absolute atomic E-state index is 0.0494. The number of hydrogen-bond acceptors (Lipinski definition) is 8. The Hall–Kier alpha value is -1.71. The number of nitrogens with zero attached hydrogens (tertiary/aromatic N) is 3. The molecule has 0 bridgehead atoms. The molecule has 3 rings (SSSR count). The summed E-state index contributed by atoms with van der Waals surface area (Å²) in [6, 6.07) is 0. The number of hydrogen-bond donors (Lipinski definition) is 3. The average Bonchev–Trinajstić information content (AvgIpc) is 3.01. The first-order valence-electron chi connectivity index (χ1n) is 6.26. The van der Waals surface area contributed by atoms with Crippen LogP contribution in [0.4, 0.5) is 11.8 Å². The topological polar surface area (TPSA) is 115 Å². The van der Waals surface area contributed by atoms with Gasteiger partial charge in [-0.15, -0.1) is 0 Å². The van der Waals surface area contributed by atoms with Gasteiger partial charge >= 0.3 is 4.87 Å². The quantitative estimate of drug-likeness (QED) is 0.738. The Morgan fingerprint density at radius 1 is 1.55 bits per heavy atom. The van der Waals surface area contributed by atoms with Gasteiger partial charge in [0.05, 0.1) is 12.7 Å². The van der Waals surface area contributed by atoms with Gasteiger partial charge in [-0.05, 0) is 12.8 Å². The molecule has 4 N–H and O–H groups in total. The highest BCUT2D eigenvalue weighted by molar-refractivity contribution is 7.17. The first kappa shape index (κ1) is 13.3. The number of aliphatic hydroxyl groups excluding tert-OH is 1. The molecule has 0 radical (unpaired) electrons. The van der Waals surface area contributed by atoms with Crippen LogP contribution in [0.5, 0.6) is 0 Å². The molecule has 20 heavy (non-hydrogen) atoms. The van der Waals surface area contributed by atoms with Crippen molar-refractivity contribution in [2.45, 2.75) is 25.2 Å². The number of thiazole rings is 1. The summed E-state index contributed by atoms with van der Waals surface area (Å²) in [6.45, 7) is -0.0494. The van der Waals surface area contributed by atoms with E-state index in [1.165, 1.54) is 4.57 Å². The van der Waals surface area contributed by atoms with Crippen molar-refractivity contribution in [3.05, 3.63) is 9.67 Å². The van der Waals surface area contributed by atoms with Gasteiger partial charge < -0.3 is 20.9 Å². The molecule has 2 aromatic rings. The first-order valence-corrected chi connectivity index (χ1v) is 7.08. The molecule has 0 spiro atoms. The summed E-state index contributed by atoms with van der Waals surface area (Å²) < 4.78 is 7.81. The van der Waals surface area contributed by atoms with Crippen molar-refractivity contribution in [3.8, 4) is 0 Å². The van der Waals surface area contributed by atoms with Crippen LogP contribution in [0.3, 0.4) is 0 Å². The third kappa shape index (κ3) is 2.03. The molecule has 8 nitrogen and oxygen atoms in total. The molecule has 3 heterocycles. The molecule has 0 aliphatic carbocycles. The van der Waals surface area contributed by atoms with Crippen LogP contribution in [0.1, 0.15) is 19.1 Å². The number of nitrogen functional groups attached to an aromatic ring is 1. The molecule has 0 saturated carbocycles. The molecule has 1 fully saturated rings. The summed E-state index contributed by atoms with van der Waals surface area (Å²) in [7, 11) is 1.71. The number of rotatable bonds is 3. The molecule has 9 heteroatoms. The van der Waals surface area contributed by atoms with E-state index in [-0.39, 0.29) is 23.5 Å². The van der Waals surface area contributed by atoms with Gasteiger partial charge in [-0.25, -0.2) is 0 Å². The van der Waals surface area contributed by atoms with Gasteiger partial charge in [-0.1, -0.05) is 11.3 Å². The fraction of sp³-hybridized carbons (Fsp3) is 0.545. The van der Waals surface area contributed by atoms with E-state index in [4.69, 9.17) is 15.6 Å². The zero-order chi connectivity index (χ0) is 14.3. The predicted octanol–water partition coefficient (Wildman–Crippen LogP) is 0.147. The zero-order valence-corrected chi connectivity index (χ0v) is 11.7. The Labute approximate surface area is 118 Å². The number of ether oxygens (including phenoxy) is 1. The number of fused-ring (bicyclic) bond motifs is 1. The number of aromatic nitrogens is 3. The largest absolute Gasteiger partial charge is 0.394 e. The standard InChI is InChI=1S/C11H15N5O3S/c1-13-8-7-9(15-10(12)14-8)16(11(18)20-7)6-3-2-5(4-17)19-6/h5-6,17H,2-4H2,1H3,(H3,12,13,14,15)/t5-,6+/m0/s1. The van der Waals surface area contributed by atoms with Crippen LogP contribution in [0.2, 0.25) is 0 Å². The van der Waals surface area contributed by atoms with Crippen molar-refractivity contribution in [3.63, 3.8) is 0 Å². The Balaban J connectivity index is 2.14. The van der Waals surface area contributed by atoms with E-state index in [0.717, 1.165) is 11.3 Å². The molecule has 1 aliphatic rings. The van der Waals surface area contributed by atoms with E-state index in [0.29, 0.717) is 29.0 Å². The van der Waals surface area contributed by atoms with Gasteiger partial charge in [-0.3, -0.25) is 9.36 Å². The fourth-order valence-electron chi connectivity index (χ4n) is 2.37.